The van der Waals surface area contributed by atoms with Crippen LogP contribution in [0.2, 0.25) is 0 Å². The maximum absolute atomic E-state index is 5.93. The monoisotopic (exact) mass is 291 g/mol. The summed E-state index contributed by atoms with van der Waals surface area (Å²) in [5.74, 6) is 2.72. The van der Waals surface area contributed by atoms with E-state index in [-0.39, 0.29) is 0 Å². The first-order valence-electron chi connectivity index (χ1n) is 7.33. The van der Waals surface area contributed by atoms with Gasteiger partial charge in [0, 0.05) is 18.7 Å². The summed E-state index contributed by atoms with van der Waals surface area (Å²) in [6.07, 6.45) is 0. The van der Waals surface area contributed by atoms with Gasteiger partial charge < -0.3 is 14.5 Å². The normalized spacial score (nSPS) is 11.4. The summed E-state index contributed by atoms with van der Waals surface area (Å²) in [6.45, 7) is 11.4. The Kier molecular flexibility index (Phi) is 4.73. The van der Waals surface area contributed by atoms with Gasteiger partial charge in [0.2, 0.25) is 0 Å². The zero-order valence-corrected chi connectivity index (χ0v) is 13.8. The van der Waals surface area contributed by atoms with Crippen LogP contribution in [0.4, 0.5) is 0 Å². The van der Waals surface area contributed by atoms with Gasteiger partial charge in [0.15, 0.2) is 5.75 Å². The van der Waals surface area contributed by atoms with E-state index in [0.717, 1.165) is 40.8 Å². The van der Waals surface area contributed by atoms with Gasteiger partial charge in [0.1, 0.15) is 23.8 Å². The molecule has 0 radical (unpaired) electrons. The molecule has 0 aliphatic heterocycles. The van der Waals surface area contributed by atoms with Gasteiger partial charge in [0.05, 0.1) is 12.2 Å². The fourth-order valence-corrected chi connectivity index (χ4v) is 2.24. The molecule has 1 N–H and O–H groups in total. The van der Waals surface area contributed by atoms with Crippen molar-refractivity contribution in [2.45, 2.75) is 53.8 Å². The standard InChI is InChI=1S/C16H25N3O2/c1-10(2)17-8-15-7-14(13(5)21-15)9-20-16-11(3)18-19(6)12(16)4/h7,10,17H,8-9H2,1-6H3. The van der Waals surface area contributed by atoms with Crippen LogP contribution >= 0.6 is 0 Å². The summed E-state index contributed by atoms with van der Waals surface area (Å²) in [5.41, 5.74) is 3.03. The Labute approximate surface area is 126 Å². The minimum Gasteiger partial charge on any atom is -0.485 e. The number of hydrogen-bond acceptors (Lipinski definition) is 4. The molecular formula is C16H25N3O2. The molecule has 5 nitrogen and oxygen atoms in total. The van der Waals surface area contributed by atoms with E-state index in [0.29, 0.717) is 12.6 Å². The number of rotatable bonds is 6. The van der Waals surface area contributed by atoms with E-state index >= 15 is 0 Å². The highest BCUT2D eigenvalue weighted by atomic mass is 16.5. The van der Waals surface area contributed by atoms with Gasteiger partial charge >= 0.3 is 0 Å². The molecule has 0 atom stereocenters. The number of nitrogens with one attached hydrogen (secondary N) is 1. The molecule has 2 aromatic rings. The van der Waals surface area contributed by atoms with Crippen LogP contribution in [-0.4, -0.2) is 15.8 Å². The third-order valence-electron chi connectivity index (χ3n) is 3.57. The smallest absolute Gasteiger partial charge is 0.163 e. The van der Waals surface area contributed by atoms with Crippen molar-refractivity contribution in [1.29, 1.82) is 0 Å². The van der Waals surface area contributed by atoms with Crippen LogP contribution in [0, 0.1) is 20.8 Å². The van der Waals surface area contributed by atoms with E-state index < -0.39 is 0 Å². The Morgan fingerprint density at radius 1 is 1.33 bits per heavy atom. The summed E-state index contributed by atoms with van der Waals surface area (Å²) in [6, 6.07) is 2.50. The fraction of sp³-hybridized carbons (Fsp3) is 0.562. The van der Waals surface area contributed by atoms with Crippen LogP contribution in [0.3, 0.4) is 0 Å². The number of nitrogens with zero attached hydrogens (tertiary/aromatic N) is 2. The van der Waals surface area contributed by atoms with Gasteiger partial charge in [0.25, 0.3) is 0 Å². The highest BCUT2D eigenvalue weighted by molar-refractivity contribution is 5.32. The molecule has 2 aromatic heterocycles. The molecule has 0 unspecified atom stereocenters. The van der Waals surface area contributed by atoms with Crippen molar-refractivity contribution < 1.29 is 9.15 Å². The SMILES string of the molecule is Cc1nn(C)c(C)c1OCc1cc(CNC(C)C)oc1C. The average Bonchev–Trinajstić information content (AvgIpc) is 2.87. The molecule has 2 rings (SSSR count). The van der Waals surface area contributed by atoms with E-state index in [1.807, 2.05) is 32.5 Å². The summed E-state index contributed by atoms with van der Waals surface area (Å²) < 4.78 is 13.5. The first-order valence-corrected chi connectivity index (χ1v) is 7.33. The number of aromatic nitrogens is 2. The molecule has 0 saturated heterocycles. The molecule has 0 amide bonds. The molecule has 0 spiro atoms. The Balaban J connectivity index is 2.03. The minimum absolute atomic E-state index is 0.441. The Morgan fingerprint density at radius 3 is 2.62 bits per heavy atom. The van der Waals surface area contributed by atoms with Crippen LogP contribution in [0.1, 0.15) is 42.3 Å². The lowest BCUT2D eigenvalue weighted by Crippen LogP contribution is -2.21. The summed E-state index contributed by atoms with van der Waals surface area (Å²) in [4.78, 5) is 0. The van der Waals surface area contributed by atoms with Crippen molar-refractivity contribution in [3.8, 4) is 5.75 Å². The zero-order chi connectivity index (χ0) is 15.6. The lowest BCUT2D eigenvalue weighted by Gasteiger charge is -2.05. The van der Waals surface area contributed by atoms with E-state index in [4.69, 9.17) is 9.15 Å². The van der Waals surface area contributed by atoms with Crippen LogP contribution < -0.4 is 10.1 Å². The van der Waals surface area contributed by atoms with Gasteiger partial charge in [-0.1, -0.05) is 13.8 Å². The number of furan rings is 1. The lowest BCUT2D eigenvalue weighted by atomic mass is 10.2. The maximum atomic E-state index is 5.93. The van der Waals surface area contributed by atoms with Crippen molar-refractivity contribution in [3.63, 3.8) is 0 Å². The van der Waals surface area contributed by atoms with Gasteiger partial charge in [-0.05, 0) is 26.8 Å². The van der Waals surface area contributed by atoms with Crippen molar-refractivity contribution in [2.24, 2.45) is 7.05 Å². The topological polar surface area (TPSA) is 52.2 Å². The van der Waals surface area contributed by atoms with Gasteiger partial charge in [-0.2, -0.15) is 5.10 Å². The van der Waals surface area contributed by atoms with Crippen molar-refractivity contribution >= 4 is 0 Å². The first-order chi connectivity index (χ1) is 9.88. The largest absolute Gasteiger partial charge is 0.485 e. The van der Waals surface area contributed by atoms with Crippen molar-refractivity contribution in [1.82, 2.24) is 15.1 Å². The molecule has 0 bridgehead atoms. The Hall–Kier alpha value is -1.75. The third-order valence-corrected chi connectivity index (χ3v) is 3.57. The van der Waals surface area contributed by atoms with Crippen LogP contribution in [-0.2, 0) is 20.2 Å². The summed E-state index contributed by atoms with van der Waals surface area (Å²) >= 11 is 0. The van der Waals surface area contributed by atoms with Gasteiger partial charge in [-0.25, -0.2) is 0 Å². The second-order valence-electron chi connectivity index (χ2n) is 5.74. The average molecular weight is 291 g/mol. The molecule has 0 aliphatic rings. The van der Waals surface area contributed by atoms with E-state index in [1.165, 1.54) is 0 Å². The van der Waals surface area contributed by atoms with Crippen LogP contribution in [0.15, 0.2) is 10.5 Å². The molecular weight excluding hydrogens is 266 g/mol. The van der Waals surface area contributed by atoms with Crippen LogP contribution in [0.5, 0.6) is 5.75 Å². The Morgan fingerprint density at radius 2 is 2.05 bits per heavy atom. The van der Waals surface area contributed by atoms with Gasteiger partial charge in [-0.3, -0.25) is 4.68 Å². The number of hydrogen-bond donors (Lipinski definition) is 1. The molecule has 21 heavy (non-hydrogen) atoms. The predicted molar refractivity (Wildman–Crippen MR) is 82.4 cm³/mol. The molecule has 0 aliphatic carbocycles. The number of aryl methyl sites for hydroxylation is 3. The van der Waals surface area contributed by atoms with E-state index in [2.05, 4.69) is 30.3 Å². The van der Waals surface area contributed by atoms with Crippen molar-refractivity contribution in [2.75, 3.05) is 0 Å². The zero-order valence-electron chi connectivity index (χ0n) is 13.8. The molecule has 2 heterocycles. The number of ether oxygens (including phenoxy) is 1. The highest BCUT2D eigenvalue weighted by Gasteiger charge is 2.13. The molecule has 5 heteroatoms. The maximum Gasteiger partial charge on any atom is 0.163 e. The second-order valence-corrected chi connectivity index (χ2v) is 5.74. The second kappa shape index (κ2) is 6.35. The summed E-state index contributed by atoms with van der Waals surface area (Å²) in [5, 5.41) is 7.71. The highest BCUT2D eigenvalue weighted by Crippen LogP contribution is 2.24. The van der Waals surface area contributed by atoms with E-state index in [9.17, 15) is 0 Å². The Bertz CT molecular complexity index is 611. The lowest BCUT2D eigenvalue weighted by molar-refractivity contribution is 0.298. The van der Waals surface area contributed by atoms with E-state index in [1.54, 1.807) is 0 Å². The quantitative estimate of drug-likeness (QED) is 0.889. The van der Waals surface area contributed by atoms with Gasteiger partial charge in [-0.15, -0.1) is 0 Å². The van der Waals surface area contributed by atoms with Crippen LogP contribution in [0.25, 0.3) is 0 Å². The molecule has 0 fully saturated rings. The third kappa shape index (κ3) is 3.67. The van der Waals surface area contributed by atoms with Crippen molar-refractivity contribution in [3.05, 3.63) is 34.5 Å². The molecule has 116 valence electrons. The first kappa shape index (κ1) is 15.6. The summed E-state index contributed by atoms with van der Waals surface area (Å²) in [7, 11) is 1.92. The predicted octanol–water partition coefficient (Wildman–Crippen LogP) is 3.02. The fourth-order valence-electron chi connectivity index (χ4n) is 2.24. The molecule has 0 saturated carbocycles. The minimum atomic E-state index is 0.441. The molecule has 0 aromatic carbocycles.